The molecule has 0 spiro atoms. The van der Waals surface area contributed by atoms with Crippen LogP contribution in [-0.4, -0.2) is 59.5 Å². The minimum atomic E-state index is -0.754. The van der Waals surface area contributed by atoms with Crippen LogP contribution in [0.1, 0.15) is 47.1 Å². The largest absolute Gasteiger partial charge is 0.514 e. The topological polar surface area (TPSA) is 81.2 Å². The molecule has 8 nitrogen and oxygen atoms in total. The van der Waals surface area contributed by atoms with Crippen LogP contribution in [0.4, 0.5) is 15.4 Å². The average molecular weight is 393 g/mol. The number of aryl methyl sites for hydroxylation is 1. The molecule has 0 saturated carbocycles. The smallest absolute Gasteiger partial charge is 0.444 e. The number of pyridine rings is 1. The first-order valence-corrected chi connectivity index (χ1v) is 9.44. The Morgan fingerprint density at radius 3 is 2.04 bits per heavy atom. The van der Waals surface area contributed by atoms with Crippen molar-refractivity contribution in [2.45, 2.75) is 59.7 Å². The molecule has 156 valence electrons. The lowest BCUT2D eigenvalue weighted by Gasteiger charge is -2.36. The Morgan fingerprint density at radius 2 is 1.54 bits per heavy atom. The van der Waals surface area contributed by atoms with Crippen molar-refractivity contribution in [3.05, 3.63) is 17.8 Å². The van der Waals surface area contributed by atoms with Crippen molar-refractivity contribution >= 4 is 18.1 Å². The highest BCUT2D eigenvalue weighted by Crippen LogP contribution is 2.24. The number of nitrogens with zero attached hydrogens (tertiary/aromatic N) is 3. The van der Waals surface area contributed by atoms with Gasteiger partial charge in [-0.05, 0) is 60.1 Å². The number of aromatic nitrogens is 1. The second-order valence-corrected chi connectivity index (χ2v) is 8.83. The lowest BCUT2D eigenvalue weighted by atomic mass is 10.2. The van der Waals surface area contributed by atoms with Gasteiger partial charge in [-0.3, -0.25) is 0 Å². The quantitative estimate of drug-likeness (QED) is 0.708. The van der Waals surface area contributed by atoms with Crippen LogP contribution in [0.25, 0.3) is 0 Å². The summed E-state index contributed by atoms with van der Waals surface area (Å²) in [7, 11) is 0. The number of amides is 1. The van der Waals surface area contributed by atoms with E-state index in [2.05, 4.69) is 9.88 Å². The van der Waals surface area contributed by atoms with Gasteiger partial charge in [-0.15, -0.1) is 0 Å². The number of hydrogen-bond acceptors (Lipinski definition) is 7. The Kier molecular flexibility index (Phi) is 6.41. The zero-order valence-electron chi connectivity index (χ0n) is 17.9. The van der Waals surface area contributed by atoms with Crippen molar-refractivity contribution in [3.63, 3.8) is 0 Å². The predicted molar refractivity (Wildman–Crippen MR) is 106 cm³/mol. The maximum Gasteiger partial charge on any atom is 0.514 e. The molecule has 1 fully saturated rings. The second-order valence-electron chi connectivity index (χ2n) is 8.83. The first kappa shape index (κ1) is 21.8. The summed E-state index contributed by atoms with van der Waals surface area (Å²) in [5.74, 6) is 1.14. The molecule has 8 heteroatoms. The molecule has 0 radical (unpaired) electrons. The minimum absolute atomic E-state index is 0.294. The van der Waals surface area contributed by atoms with Crippen LogP contribution in [0, 0.1) is 6.92 Å². The van der Waals surface area contributed by atoms with Gasteiger partial charge in [0.1, 0.15) is 17.0 Å². The Hall–Kier alpha value is -2.51. The maximum atomic E-state index is 12.2. The Morgan fingerprint density at radius 1 is 0.964 bits per heavy atom. The lowest BCUT2D eigenvalue weighted by Crippen LogP contribution is -2.50. The average Bonchev–Trinajstić information content (AvgIpc) is 2.53. The van der Waals surface area contributed by atoms with Crippen molar-refractivity contribution in [2.24, 2.45) is 0 Å². The van der Waals surface area contributed by atoms with Crippen molar-refractivity contribution in [2.75, 3.05) is 31.1 Å². The van der Waals surface area contributed by atoms with E-state index in [0.717, 1.165) is 11.4 Å². The van der Waals surface area contributed by atoms with Gasteiger partial charge in [0, 0.05) is 26.2 Å². The highest BCUT2D eigenvalue weighted by molar-refractivity contribution is 5.68. The highest BCUT2D eigenvalue weighted by Gasteiger charge is 2.26. The molecule has 0 aromatic carbocycles. The molecule has 0 unspecified atom stereocenters. The fourth-order valence-corrected chi connectivity index (χ4v) is 2.61. The van der Waals surface area contributed by atoms with E-state index < -0.39 is 17.4 Å². The highest BCUT2D eigenvalue weighted by atomic mass is 16.7. The maximum absolute atomic E-state index is 12.2. The summed E-state index contributed by atoms with van der Waals surface area (Å²) in [5.41, 5.74) is -0.339. The van der Waals surface area contributed by atoms with Gasteiger partial charge in [-0.25, -0.2) is 14.6 Å². The van der Waals surface area contributed by atoms with E-state index in [0.29, 0.717) is 31.9 Å². The molecule has 2 heterocycles. The van der Waals surface area contributed by atoms with E-state index in [1.54, 1.807) is 25.7 Å². The minimum Gasteiger partial charge on any atom is -0.444 e. The van der Waals surface area contributed by atoms with Crippen LogP contribution in [0.15, 0.2) is 12.3 Å². The number of anilines is 1. The van der Waals surface area contributed by atoms with Crippen molar-refractivity contribution in [1.82, 2.24) is 9.88 Å². The molecule has 1 saturated heterocycles. The molecule has 1 amide bonds. The van der Waals surface area contributed by atoms with Crippen LogP contribution in [0.5, 0.6) is 5.75 Å². The molecule has 0 atom stereocenters. The van der Waals surface area contributed by atoms with Gasteiger partial charge in [0.15, 0.2) is 5.75 Å². The van der Waals surface area contributed by atoms with Crippen LogP contribution in [0.2, 0.25) is 0 Å². The summed E-state index contributed by atoms with van der Waals surface area (Å²) in [6.45, 7) is 15.2. The van der Waals surface area contributed by atoms with E-state index >= 15 is 0 Å². The van der Waals surface area contributed by atoms with Gasteiger partial charge >= 0.3 is 12.2 Å². The molecule has 1 aromatic rings. The third kappa shape index (κ3) is 6.58. The normalized spacial score (nSPS) is 15.2. The molecule has 0 aliphatic carbocycles. The van der Waals surface area contributed by atoms with Gasteiger partial charge in [-0.1, -0.05) is 0 Å². The lowest BCUT2D eigenvalue weighted by molar-refractivity contribution is 0.0201. The van der Waals surface area contributed by atoms with Gasteiger partial charge in [0.25, 0.3) is 0 Å². The number of rotatable bonds is 2. The first-order valence-electron chi connectivity index (χ1n) is 9.44. The van der Waals surface area contributed by atoms with Crippen LogP contribution in [-0.2, 0) is 9.47 Å². The molecule has 1 aliphatic rings. The molecule has 1 aliphatic heterocycles. The van der Waals surface area contributed by atoms with Gasteiger partial charge in [0.2, 0.25) is 0 Å². The molecule has 2 rings (SSSR count). The van der Waals surface area contributed by atoms with Crippen molar-refractivity contribution in [3.8, 4) is 5.75 Å². The van der Waals surface area contributed by atoms with Crippen LogP contribution >= 0.6 is 0 Å². The van der Waals surface area contributed by atoms with E-state index in [1.165, 1.54) is 6.20 Å². The Labute approximate surface area is 166 Å². The Bertz CT molecular complexity index is 714. The fraction of sp³-hybridized carbons (Fsp3) is 0.650. The molecule has 0 N–H and O–H groups in total. The summed E-state index contributed by atoms with van der Waals surface area (Å²) < 4.78 is 15.8. The Balaban J connectivity index is 1.94. The molecular weight excluding hydrogens is 362 g/mol. The number of carbonyl (C=O) groups excluding carboxylic acids is 2. The summed E-state index contributed by atoms with van der Waals surface area (Å²) >= 11 is 0. The number of hydrogen-bond donors (Lipinski definition) is 0. The fourth-order valence-electron chi connectivity index (χ4n) is 2.61. The second kappa shape index (κ2) is 8.24. The van der Waals surface area contributed by atoms with E-state index in [4.69, 9.17) is 14.2 Å². The zero-order valence-corrected chi connectivity index (χ0v) is 17.9. The molecule has 28 heavy (non-hydrogen) atoms. The number of carbonyl (C=O) groups is 2. The summed E-state index contributed by atoms with van der Waals surface area (Å²) in [6.07, 6.45) is 0.475. The summed E-state index contributed by atoms with van der Waals surface area (Å²) in [5, 5.41) is 0. The van der Waals surface area contributed by atoms with Crippen LogP contribution < -0.4 is 9.64 Å². The molecule has 1 aromatic heterocycles. The standard InChI is InChI=1S/C20H31N3O5/c1-14-12-16(21-13-15(14)26-18(25)28-20(5,6)7)22-8-10-23(11-9-22)17(24)27-19(2,3)4/h12-13H,8-11H2,1-7H3. The summed E-state index contributed by atoms with van der Waals surface area (Å²) in [6, 6.07) is 1.86. The number of piperazine rings is 1. The third-order valence-electron chi connectivity index (χ3n) is 3.89. The third-order valence-corrected chi connectivity index (χ3v) is 3.89. The van der Waals surface area contributed by atoms with E-state index in [1.807, 2.05) is 33.8 Å². The number of ether oxygens (including phenoxy) is 3. The predicted octanol–water partition coefficient (Wildman–Crippen LogP) is 3.76. The van der Waals surface area contributed by atoms with Gasteiger partial charge in [0.05, 0.1) is 6.20 Å². The molecular formula is C20H31N3O5. The monoisotopic (exact) mass is 393 g/mol. The van der Waals surface area contributed by atoms with E-state index in [-0.39, 0.29) is 6.09 Å². The SMILES string of the molecule is Cc1cc(N2CCN(C(=O)OC(C)(C)C)CC2)ncc1OC(=O)OC(C)(C)C. The van der Waals surface area contributed by atoms with Crippen molar-refractivity contribution < 1.29 is 23.8 Å². The summed E-state index contributed by atoms with van der Waals surface area (Å²) in [4.78, 5) is 32.2. The van der Waals surface area contributed by atoms with Gasteiger partial charge < -0.3 is 24.0 Å². The first-order chi connectivity index (χ1) is 12.8. The zero-order chi connectivity index (χ0) is 21.1. The molecule has 0 bridgehead atoms. The van der Waals surface area contributed by atoms with Crippen molar-refractivity contribution in [1.29, 1.82) is 0 Å². The van der Waals surface area contributed by atoms with Gasteiger partial charge in [-0.2, -0.15) is 0 Å². The van der Waals surface area contributed by atoms with Crippen LogP contribution in [0.3, 0.4) is 0 Å². The van der Waals surface area contributed by atoms with E-state index in [9.17, 15) is 9.59 Å².